The second-order valence-corrected chi connectivity index (χ2v) is 3.07. The van der Waals surface area contributed by atoms with Crippen molar-refractivity contribution in [1.82, 2.24) is 0 Å². The molecule has 10 heavy (non-hydrogen) atoms. The van der Waals surface area contributed by atoms with Crippen LogP contribution in [0.2, 0.25) is 6.32 Å². The van der Waals surface area contributed by atoms with Gasteiger partial charge in [-0.2, -0.15) is 11.8 Å². The van der Waals surface area contributed by atoms with Crippen LogP contribution in [0.5, 0.6) is 0 Å². The van der Waals surface area contributed by atoms with E-state index in [1.54, 1.807) is 11.8 Å². The summed E-state index contributed by atoms with van der Waals surface area (Å²) in [5, 5.41) is 0. The third-order valence-corrected chi connectivity index (χ3v) is 1.06. The van der Waals surface area contributed by atoms with E-state index in [4.69, 9.17) is 7.85 Å². The largest absolute Gasteiger partial charge is 0.169 e. The van der Waals surface area contributed by atoms with Crippen LogP contribution in [0.4, 0.5) is 0 Å². The number of thioether (sulfide) groups is 1. The number of hydrogen-bond acceptors (Lipinski definition) is 1. The second-order valence-electron chi connectivity index (χ2n) is 2.26. The minimum atomic E-state index is 0.861. The SMILES string of the molecule is CSC.[B]CCCCCC. The minimum Gasteiger partial charge on any atom is -0.169 e. The molecule has 0 aromatic rings. The van der Waals surface area contributed by atoms with Gasteiger partial charge in [0.2, 0.25) is 0 Å². The Hall–Kier alpha value is 0.415. The van der Waals surface area contributed by atoms with Crippen LogP contribution in [0.25, 0.3) is 0 Å². The molecule has 2 heteroatoms. The summed E-state index contributed by atoms with van der Waals surface area (Å²) in [6.07, 6.45) is 10.1. The van der Waals surface area contributed by atoms with E-state index in [9.17, 15) is 0 Å². The first-order chi connectivity index (χ1) is 4.83. The Bertz CT molecular complexity index is 36.2. The van der Waals surface area contributed by atoms with E-state index < -0.39 is 0 Å². The fourth-order valence-electron chi connectivity index (χ4n) is 0.571. The van der Waals surface area contributed by atoms with Crippen LogP contribution in [0.15, 0.2) is 0 Å². The summed E-state index contributed by atoms with van der Waals surface area (Å²) < 4.78 is 0. The van der Waals surface area contributed by atoms with Crippen molar-refractivity contribution in [3.63, 3.8) is 0 Å². The quantitative estimate of drug-likeness (QED) is 0.447. The molecule has 0 spiro atoms. The van der Waals surface area contributed by atoms with Gasteiger partial charge in [-0.15, -0.1) is 0 Å². The van der Waals surface area contributed by atoms with Gasteiger partial charge in [-0.05, 0) is 12.5 Å². The maximum Gasteiger partial charge on any atom is 0.0653 e. The zero-order valence-electron chi connectivity index (χ0n) is 7.52. The van der Waals surface area contributed by atoms with Crippen LogP contribution < -0.4 is 0 Å². The molecule has 0 nitrogen and oxygen atoms in total. The monoisotopic (exact) mass is 158 g/mol. The summed E-state index contributed by atoms with van der Waals surface area (Å²) >= 11 is 1.75. The normalized spacial score (nSPS) is 8.30. The van der Waals surface area contributed by atoms with E-state index in [1.807, 2.05) is 12.5 Å². The van der Waals surface area contributed by atoms with Crippen molar-refractivity contribution >= 4 is 19.6 Å². The Labute approximate surface area is 71.6 Å². The van der Waals surface area contributed by atoms with Crippen LogP contribution in [0.3, 0.4) is 0 Å². The van der Waals surface area contributed by atoms with E-state index in [0.29, 0.717) is 0 Å². The van der Waals surface area contributed by atoms with Gasteiger partial charge in [0.1, 0.15) is 0 Å². The van der Waals surface area contributed by atoms with Gasteiger partial charge < -0.3 is 0 Å². The van der Waals surface area contributed by atoms with Crippen molar-refractivity contribution in [2.24, 2.45) is 0 Å². The number of unbranched alkanes of at least 4 members (excludes halogenated alkanes) is 3. The van der Waals surface area contributed by atoms with E-state index >= 15 is 0 Å². The molecule has 60 valence electrons. The summed E-state index contributed by atoms with van der Waals surface area (Å²) in [5.41, 5.74) is 0. The molecule has 0 N–H and O–H groups in total. The fraction of sp³-hybridized carbons (Fsp3) is 1.00. The Kier molecular flexibility index (Phi) is 21.1. The zero-order valence-corrected chi connectivity index (χ0v) is 8.34. The van der Waals surface area contributed by atoms with Gasteiger partial charge in [0.25, 0.3) is 0 Å². The molecule has 0 rings (SSSR count). The van der Waals surface area contributed by atoms with Crippen LogP contribution in [-0.2, 0) is 0 Å². The average molecular weight is 158 g/mol. The van der Waals surface area contributed by atoms with Gasteiger partial charge in [0, 0.05) is 0 Å². The van der Waals surface area contributed by atoms with E-state index in [1.165, 1.54) is 25.7 Å². The van der Waals surface area contributed by atoms with E-state index in [2.05, 4.69) is 6.92 Å². The van der Waals surface area contributed by atoms with Crippen LogP contribution in [0.1, 0.15) is 32.6 Å². The van der Waals surface area contributed by atoms with Crippen molar-refractivity contribution in [1.29, 1.82) is 0 Å². The molecular weight excluding hydrogens is 139 g/mol. The highest BCUT2D eigenvalue weighted by Gasteiger charge is 1.80. The molecule has 0 saturated heterocycles. The van der Waals surface area contributed by atoms with Crippen LogP contribution >= 0.6 is 11.8 Å². The lowest BCUT2D eigenvalue weighted by Crippen LogP contribution is -1.72. The topological polar surface area (TPSA) is 0 Å². The maximum atomic E-state index is 5.27. The smallest absolute Gasteiger partial charge is 0.0653 e. The molecule has 0 saturated carbocycles. The Morgan fingerprint density at radius 3 is 1.90 bits per heavy atom. The highest BCUT2D eigenvalue weighted by atomic mass is 32.2. The molecule has 0 bridgehead atoms. The highest BCUT2D eigenvalue weighted by molar-refractivity contribution is 7.97. The van der Waals surface area contributed by atoms with E-state index in [0.717, 1.165) is 6.32 Å². The summed E-state index contributed by atoms with van der Waals surface area (Å²) in [4.78, 5) is 0. The number of hydrogen-bond donors (Lipinski definition) is 0. The molecule has 0 amide bonds. The molecule has 0 atom stereocenters. The van der Waals surface area contributed by atoms with Gasteiger partial charge in [0.15, 0.2) is 0 Å². The molecule has 0 unspecified atom stereocenters. The summed E-state index contributed by atoms with van der Waals surface area (Å²) in [6.45, 7) is 2.20. The lowest BCUT2D eigenvalue weighted by Gasteiger charge is -1.90. The first-order valence-corrected chi connectivity index (χ1v) is 5.56. The van der Waals surface area contributed by atoms with E-state index in [-0.39, 0.29) is 0 Å². The van der Waals surface area contributed by atoms with Gasteiger partial charge in [-0.1, -0.05) is 38.9 Å². The number of rotatable bonds is 4. The standard InChI is InChI=1S/C6H13B.C2H6S/c1-2-3-4-5-6-7;1-3-2/h2-6H2,1H3;1-2H3. The molecule has 0 aromatic heterocycles. The summed E-state index contributed by atoms with van der Waals surface area (Å²) in [7, 11) is 5.27. The molecule has 0 fully saturated rings. The molecule has 2 radical (unpaired) electrons. The molecule has 0 heterocycles. The first-order valence-electron chi connectivity index (χ1n) is 3.93. The van der Waals surface area contributed by atoms with Gasteiger partial charge in [-0.3, -0.25) is 0 Å². The zero-order chi connectivity index (χ0) is 8.24. The fourth-order valence-corrected chi connectivity index (χ4v) is 0.571. The first kappa shape index (κ1) is 13.0. The average Bonchev–Trinajstić information content (AvgIpc) is 1.91. The second kappa shape index (κ2) is 16.2. The molecular formula is C8H19BS. The molecule has 0 aliphatic rings. The van der Waals surface area contributed by atoms with Crippen molar-refractivity contribution < 1.29 is 0 Å². The lowest BCUT2D eigenvalue weighted by molar-refractivity contribution is 0.701. The van der Waals surface area contributed by atoms with Crippen LogP contribution in [0, 0.1) is 0 Å². The van der Waals surface area contributed by atoms with Gasteiger partial charge in [-0.25, -0.2) is 0 Å². The van der Waals surface area contributed by atoms with Crippen molar-refractivity contribution in [3.8, 4) is 0 Å². The molecule has 0 aliphatic heterocycles. The lowest BCUT2D eigenvalue weighted by atomic mass is 9.99. The summed E-state index contributed by atoms with van der Waals surface area (Å²) in [5.74, 6) is 0. The van der Waals surface area contributed by atoms with Gasteiger partial charge in [0.05, 0.1) is 7.85 Å². The Balaban J connectivity index is 0. The predicted molar refractivity (Wildman–Crippen MR) is 54.1 cm³/mol. The molecule has 0 aromatic carbocycles. The summed E-state index contributed by atoms with van der Waals surface area (Å²) in [6, 6.07) is 0. The maximum absolute atomic E-state index is 5.27. The third-order valence-electron chi connectivity index (χ3n) is 1.06. The van der Waals surface area contributed by atoms with Crippen LogP contribution in [-0.4, -0.2) is 20.4 Å². The van der Waals surface area contributed by atoms with Crippen molar-refractivity contribution in [2.75, 3.05) is 12.5 Å². The minimum absolute atomic E-state index is 0.861. The van der Waals surface area contributed by atoms with Crippen molar-refractivity contribution in [3.05, 3.63) is 0 Å². The highest BCUT2D eigenvalue weighted by Crippen LogP contribution is 1.99. The molecule has 0 aliphatic carbocycles. The predicted octanol–water partition coefficient (Wildman–Crippen LogP) is 3.13. The van der Waals surface area contributed by atoms with Crippen molar-refractivity contribution in [2.45, 2.75) is 38.9 Å². The Morgan fingerprint density at radius 2 is 1.60 bits per heavy atom. The Morgan fingerprint density at radius 1 is 1.10 bits per heavy atom. The third kappa shape index (κ3) is 23.7. The van der Waals surface area contributed by atoms with Gasteiger partial charge >= 0.3 is 0 Å².